The van der Waals surface area contributed by atoms with Crippen molar-refractivity contribution < 1.29 is 43.9 Å². The van der Waals surface area contributed by atoms with Gasteiger partial charge in [-0.3, -0.25) is 5.10 Å². The Morgan fingerprint density at radius 2 is 0.778 bits per heavy atom. The van der Waals surface area contributed by atoms with Crippen LogP contribution in [0.5, 0.6) is 0 Å². The van der Waals surface area contributed by atoms with Crippen LogP contribution >= 0.6 is 0 Å². The molecule has 3 aromatic rings. The molecule has 1 N–H and O–H groups in total. The lowest BCUT2D eigenvalue weighted by Crippen LogP contribution is -2.05. The molecule has 2 aromatic carbocycles. The summed E-state index contributed by atoms with van der Waals surface area (Å²) in [6.45, 7) is 0. The van der Waals surface area contributed by atoms with Crippen LogP contribution in [-0.2, 0) is 0 Å². The van der Waals surface area contributed by atoms with Gasteiger partial charge in [0.15, 0.2) is 58.2 Å². The van der Waals surface area contributed by atoms with Gasteiger partial charge in [-0.25, -0.2) is 48.9 Å². The monoisotopic (exact) mass is 401 g/mol. The number of aromatic amines is 1. The van der Waals surface area contributed by atoms with E-state index in [2.05, 4.69) is 10.1 Å². The Morgan fingerprint density at radius 3 is 1.19 bits per heavy atom. The van der Waals surface area contributed by atoms with Gasteiger partial charge in [0.1, 0.15) is 0 Å². The molecular formula is C14HF10N3. The number of hydrogen-bond donors (Lipinski definition) is 1. The highest BCUT2D eigenvalue weighted by molar-refractivity contribution is 5.63. The van der Waals surface area contributed by atoms with Gasteiger partial charge in [-0.1, -0.05) is 0 Å². The Kier molecular flexibility index (Phi) is 4.32. The Bertz CT molecular complexity index is 949. The number of H-pyrrole nitrogens is 1. The van der Waals surface area contributed by atoms with Gasteiger partial charge in [-0.2, -0.15) is 5.10 Å². The average molecular weight is 401 g/mol. The lowest BCUT2D eigenvalue weighted by molar-refractivity contribution is 0.380. The highest BCUT2D eigenvalue weighted by Gasteiger charge is 2.31. The number of hydrogen-bond acceptors (Lipinski definition) is 2. The smallest absolute Gasteiger partial charge is 0.200 e. The van der Waals surface area contributed by atoms with Gasteiger partial charge in [0, 0.05) is 0 Å². The molecule has 142 valence electrons. The molecule has 0 atom stereocenters. The first-order chi connectivity index (χ1) is 12.6. The summed E-state index contributed by atoms with van der Waals surface area (Å²) in [5.74, 6) is -26.3. The fourth-order valence-corrected chi connectivity index (χ4v) is 2.10. The molecule has 0 aliphatic heterocycles. The largest absolute Gasteiger partial charge is 0.258 e. The van der Waals surface area contributed by atoms with Crippen molar-refractivity contribution in [2.45, 2.75) is 0 Å². The van der Waals surface area contributed by atoms with E-state index in [1.165, 1.54) is 0 Å². The molecule has 3 nitrogen and oxygen atoms in total. The molecular weight excluding hydrogens is 400 g/mol. The summed E-state index contributed by atoms with van der Waals surface area (Å²) in [5.41, 5.74) is -3.31. The number of rotatable bonds is 2. The van der Waals surface area contributed by atoms with Gasteiger partial charge in [-0.05, 0) is 0 Å². The van der Waals surface area contributed by atoms with Gasteiger partial charge in [-0.15, -0.1) is 0 Å². The predicted octanol–water partition coefficient (Wildman–Crippen LogP) is 4.53. The molecule has 0 radical (unpaired) electrons. The third kappa shape index (κ3) is 2.61. The summed E-state index contributed by atoms with van der Waals surface area (Å²) >= 11 is 0. The average Bonchev–Trinajstić information content (AvgIpc) is 3.11. The van der Waals surface area contributed by atoms with Crippen LogP contribution in [-0.4, -0.2) is 15.2 Å². The maximum atomic E-state index is 13.7. The molecule has 1 aromatic heterocycles. The molecule has 0 bridgehead atoms. The first kappa shape index (κ1) is 18.7. The zero-order chi connectivity index (χ0) is 20.2. The van der Waals surface area contributed by atoms with Crippen molar-refractivity contribution in [1.82, 2.24) is 15.2 Å². The normalized spacial score (nSPS) is 11.3. The molecule has 0 saturated heterocycles. The quantitative estimate of drug-likeness (QED) is 0.390. The van der Waals surface area contributed by atoms with Crippen LogP contribution in [0.1, 0.15) is 0 Å². The third-order valence-electron chi connectivity index (χ3n) is 3.37. The van der Waals surface area contributed by atoms with E-state index in [1.54, 1.807) is 5.10 Å². The molecule has 1 heterocycles. The van der Waals surface area contributed by atoms with Crippen LogP contribution in [0.25, 0.3) is 22.8 Å². The molecule has 3 rings (SSSR count). The van der Waals surface area contributed by atoms with Crippen molar-refractivity contribution in [1.29, 1.82) is 0 Å². The lowest BCUT2D eigenvalue weighted by atomic mass is 10.1. The molecule has 0 aliphatic rings. The highest BCUT2D eigenvalue weighted by atomic mass is 19.2. The van der Waals surface area contributed by atoms with Crippen LogP contribution in [0.4, 0.5) is 43.9 Å². The molecule has 13 heteroatoms. The van der Waals surface area contributed by atoms with Crippen molar-refractivity contribution >= 4 is 0 Å². The van der Waals surface area contributed by atoms with E-state index in [9.17, 15) is 43.9 Å². The van der Waals surface area contributed by atoms with Gasteiger partial charge >= 0.3 is 0 Å². The second kappa shape index (κ2) is 6.25. The van der Waals surface area contributed by atoms with E-state index in [1.807, 2.05) is 0 Å². The Labute approximate surface area is 141 Å². The molecule has 27 heavy (non-hydrogen) atoms. The van der Waals surface area contributed by atoms with E-state index >= 15 is 0 Å². The summed E-state index contributed by atoms with van der Waals surface area (Å²) in [6.07, 6.45) is 0. The van der Waals surface area contributed by atoms with Gasteiger partial charge in [0.2, 0.25) is 11.6 Å². The maximum Gasteiger partial charge on any atom is 0.200 e. The van der Waals surface area contributed by atoms with Crippen molar-refractivity contribution in [2.75, 3.05) is 0 Å². The minimum absolute atomic E-state index is 1.21. The fraction of sp³-hybridized carbons (Fsp3) is 0. The summed E-state index contributed by atoms with van der Waals surface area (Å²) in [7, 11) is 0. The summed E-state index contributed by atoms with van der Waals surface area (Å²) < 4.78 is 134. The molecule has 0 saturated carbocycles. The standard InChI is InChI=1S/C14HF10N3/c15-3-1(4(16)8(20)11(23)7(3)19)13-25-14(27-26-13)2-5(17)9(21)12(24)10(22)6(2)18/h(H,25,26,27). The van der Waals surface area contributed by atoms with Crippen molar-refractivity contribution in [3.05, 3.63) is 58.2 Å². The molecule has 0 aliphatic carbocycles. The number of aromatic nitrogens is 3. The number of benzene rings is 2. The minimum atomic E-state index is -2.48. The van der Waals surface area contributed by atoms with Crippen molar-refractivity contribution in [2.24, 2.45) is 0 Å². The Morgan fingerprint density at radius 1 is 0.444 bits per heavy atom. The second-order valence-electron chi connectivity index (χ2n) is 4.90. The van der Waals surface area contributed by atoms with Crippen molar-refractivity contribution in [3.8, 4) is 22.8 Å². The predicted molar refractivity (Wildman–Crippen MR) is 66.8 cm³/mol. The number of halogens is 10. The van der Waals surface area contributed by atoms with E-state index in [0.717, 1.165) is 0 Å². The Hall–Kier alpha value is -3.12. The topological polar surface area (TPSA) is 41.6 Å². The Balaban J connectivity index is 2.25. The third-order valence-corrected chi connectivity index (χ3v) is 3.37. The SMILES string of the molecule is Fc1c(F)c(F)c(-c2n[nH]c(-c3c(F)c(F)c(F)c(F)c3F)n2)c(F)c1F. The molecule has 0 amide bonds. The summed E-state index contributed by atoms with van der Waals surface area (Å²) in [4.78, 5) is 3.08. The van der Waals surface area contributed by atoms with Gasteiger partial charge in [0.05, 0.1) is 11.1 Å². The van der Waals surface area contributed by atoms with Crippen molar-refractivity contribution in [3.63, 3.8) is 0 Å². The summed E-state index contributed by atoms with van der Waals surface area (Å²) in [6, 6.07) is 0. The first-order valence-corrected chi connectivity index (χ1v) is 6.53. The minimum Gasteiger partial charge on any atom is -0.258 e. The van der Waals surface area contributed by atoms with Gasteiger partial charge in [0.25, 0.3) is 0 Å². The zero-order valence-corrected chi connectivity index (χ0v) is 12.2. The van der Waals surface area contributed by atoms with Crippen LogP contribution in [0, 0.1) is 58.2 Å². The van der Waals surface area contributed by atoms with E-state index < -0.39 is 80.9 Å². The zero-order valence-electron chi connectivity index (χ0n) is 12.2. The van der Waals surface area contributed by atoms with E-state index in [-0.39, 0.29) is 0 Å². The molecule has 0 unspecified atom stereocenters. The summed E-state index contributed by atoms with van der Waals surface area (Å²) in [5, 5.41) is 4.63. The molecule has 0 spiro atoms. The maximum absolute atomic E-state index is 13.7. The lowest BCUT2D eigenvalue weighted by Gasteiger charge is -2.05. The van der Waals surface area contributed by atoms with Crippen LogP contribution in [0.15, 0.2) is 0 Å². The number of nitrogens with zero attached hydrogens (tertiary/aromatic N) is 2. The molecule has 0 fully saturated rings. The van der Waals surface area contributed by atoms with E-state index in [4.69, 9.17) is 0 Å². The second-order valence-corrected chi connectivity index (χ2v) is 4.90. The van der Waals surface area contributed by atoms with Crippen LogP contribution in [0.2, 0.25) is 0 Å². The van der Waals surface area contributed by atoms with Gasteiger partial charge < -0.3 is 0 Å². The van der Waals surface area contributed by atoms with Crippen LogP contribution < -0.4 is 0 Å². The first-order valence-electron chi connectivity index (χ1n) is 6.53. The fourth-order valence-electron chi connectivity index (χ4n) is 2.10. The van der Waals surface area contributed by atoms with E-state index in [0.29, 0.717) is 0 Å². The van der Waals surface area contributed by atoms with Crippen LogP contribution in [0.3, 0.4) is 0 Å². The highest BCUT2D eigenvalue weighted by Crippen LogP contribution is 2.33. The number of nitrogens with one attached hydrogen (secondary N) is 1.